The van der Waals surface area contributed by atoms with Crippen molar-refractivity contribution in [3.05, 3.63) is 46.7 Å². The lowest BCUT2D eigenvalue weighted by molar-refractivity contribution is 1.62. The van der Waals surface area contributed by atoms with Gasteiger partial charge in [0.15, 0.2) is 0 Å². The van der Waals surface area contributed by atoms with E-state index < -0.39 is 0 Å². The van der Waals surface area contributed by atoms with E-state index in [2.05, 4.69) is 26.1 Å². The fourth-order valence-corrected chi connectivity index (χ4v) is 1.87. The van der Waals surface area contributed by atoms with Crippen molar-refractivity contribution >= 4 is 23.5 Å². The Balaban J connectivity index is 3.04. The van der Waals surface area contributed by atoms with Gasteiger partial charge in [0.1, 0.15) is 0 Å². The molecule has 0 saturated carbocycles. The molecule has 1 heteroatoms. The first kappa shape index (κ1) is 9.01. The summed E-state index contributed by atoms with van der Waals surface area (Å²) in [5.41, 5.74) is 1.23. The molecule has 0 amide bonds. The molecule has 0 N–H and O–H groups in total. The van der Waals surface area contributed by atoms with E-state index in [4.69, 9.17) is 0 Å². The largest absolute Gasteiger partial charge is 0.141 e. The maximum absolute atomic E-state index is 3.76. The second-order valence-corrected chi connectivity index (χ2v) is 3.76. The normalized spacial score (nSPS) is 10.4. The van der Waals surface area contributed by atoms with Crippen LogP contribution in [0.25, 0.3) is 12.2 Å². The van der Waals surface area contributed by atoms with Crippen molar-refractivity contribution in [3.8, 4) is 0 Å². The summed E-state index contributed by atoms with van der Waals surface area (Å²) < 4.78 is 0. The molecule has 0 aliphatic carbocycles. The summed E-state index contributed by atoms with van der Waals surface area (Å²) in [7, 11) is 0. The Kier molecular flexibility index (Phi) is 3.06. The minimum atomic E-state index is 1.23. The third-order valence-electron chi connectivity index (χ3n) is 1.51. The standard InChI is InChI=1S/C11H12S/c1-4-6-7-10-8-9(3)12-11(10)5-2/h4-8H,1-2H2,3H3/b7-6-. The van der Waals surface area contributed by atoms with Crippen LogP contribution >= 0.6 is 11.3 Å². The molecule has 0 bridgehead atoms. The van der Waals surface area contributed by atoms with E-state index in [0.717, 1.165) is 0 Å². The molecule has 0 unspecified atom stereocenters. The van der Waals surface area contributed by atoms with Gasteiger partial charge in [0.05, 0.1) is 0 Å². The zero-order valence-electron chi connectivity index (χ0n) is 7.21. The van der Waals surface area contributed by atoms with Crippen LogP contribution in [0.15, 0.2) is 31.4 Å². The lowest BCUT2D eigenvalue weighted by Gasteiger charge is -1.87. The molecule has 1 aromatic heterocycles. The van der Waals surface area contributed by atoms with Crippen LogP contribution in [0, 0.1) is 6.92 Å². The van der Waals surface area contributed by atoms with Crippen LogP contribution in [0.4, 0.5) is 0 Å². The van der Waals surface area contributed by atoms with Crippen molar-refractivity contribution in [3.63, 3.8) is 0 Å². The van der Waals surface area contributed by atoms with Gasteiger partial charge in [-0.25, -0.2) is 0 Å². The van der Waals surface area contributed by atoms with Crippen molar-refractivity contribution in [2.75, 3.05) is 0 Å². The van der Waals surface area contributed by atoms with Gasteiger partial charge in [-0.2, -0.15) is 0 Å². The quantitative estimate of drug-likeness (QED) is 0.613. The van der Waals surface area contributed by atoms with Crippen LogP contribution in [0.3, 0.4) is 0 Å². The molecule has 0 aliphatic rings. The van der Waals surface area contributed by atoms with Gasteiger partial charge in [-0.1, -0.05) is 37.5 Å². The van der Waals surface area contributed by atoms with Crippen molar-refractivity contribution < 1.29 is 0 Å². The molecule has 0 fully saturated rings. The van der Waals surface area contributed by atoms with Gasteiger partial charge in [0, 0.05) is 9.75 Å². The second kappa shape index (κ2) is 4.07. The number of hydrogen-bond donors (Lipinski definition) is 0. The third kappa shape index (κ3) is 1.95. The summed E-state index contributed by atoms with van der Waals surface area (Å²) in [5, 5.41) is 0. The second-order valence-electron chi connectivity index (χ2n) is 2.48. The molecule has 12 heavy (non-hydrogen) atoms. The number of rotatable bonds is 3. The minimum Gasteiger partial charge on any atom is -0.141 e. The third-order valence-corrected chi connectivity index (χ3v) is 2.57. The molecular formula is C11H12S. The lowest BCUT2D eigenvalue weighted by atomic mass is 10.2. The van der Waals surface area contributed by atoms with Gasteiger partial charge >= 0.3 is 0 Å². The molecule has 0 radical (unpaired) electrons. The molecule has 0 saturated heterocycles. The molecule has 1 heterocycles. The maximum atomic E-state index is 3.76. The van der Waals surface area contributed by atoms with Crippen LogP contribution in [0.2, 0.25) is 0 Å². The monoisotopic (exact) mass is 176 g/mol. The van der Waals surface area contributed by atoms with E-state index in [9.17, 15) is 0 Å². The highest BCUT2D eigenvalue weighted by Crippen LogP contribution is 2.23. The Labute approximate surface area is 77.6 Å². The molecular weight excluding hydrogens is 164 g/mol. The highest BCUT2D eigenvalue weighted by molar-refractivity contribution is 7.13. The average molecular weight is 176 g/mol. The van der Waals surface area contributed by atoms with Crippen molar-refractivity contribution in [2.45, 2.75) is 6.92 Å². The fourth-order valence-electron chi connectivity index (χ4n) is 1.01. The Morgan fingerprint density at radius 2 is 2.17 bits per heavy atom. The summed E-state index contributed by atoms with van der Waals surface area (Å²) >= 11 is 1.76. The van der Waals surface area contributed by atoms with Crippen LogP contribution in [0.1, 0.15) is 15.3 Å². The highest BCUT2D eigenvalue weighted by Gasteiger charge is 1.98. The highest BCUT2D eigenvalue weighted by atomic mass is 32.1. The summed E-state index contributed by atoms with van der Waals surface area (Å²) in [5.74, 6) is 0. The molecule has 1 aromatic rings. The van der Waals surface area contributed by atoms with Gasteiger partial charge in [0.2, 0.25) is 0 Å². The predicted octanol–water partition coefficient (Wildman–Crippen LogP) is 3.90. The Bertz CT molecular complexity index is 316. The minimum absolute atomic E-state index is 1.23. The van der Waals surface area contributed by atoms with Crippen LogP contribution in [0.5, 0.6) is 0 Å². The summed E-state index contributed by atoms with van der Waals surface area (Å²) in [6.45, 7) is 9.49. The number of thiophene rings is 1. The predicted molar refractivity (Wildman–Crippen MR) is 58.4 cm³/mol. The van der Waals surface area contributed by atoms with Crippen LogP contribution in [-0.4, -0.2) is 0 Å². The Hall–Kier alpha value is -1.08. The first-order valence-electron chi connectivity index (χ1n) is 3.80. The van der Waals surface area contributed by atoms with E-state index >= 15 is 0 Å². The van der Waals surface area contributed by atoms with Crippen molar-refractivity contribution in [1.82, 2.24) is 0 Å². The van der Waals surface area contributed by atoms with Crippen molar-refractivity contribution in [2.24, 2.45) is 0 Å². The molecule has 0 aliphatic heterocycles. The smallest absolute Gasteiger partial charge is 0.0339 e. The molecule has 0 nitrogen and oxygen atoms in total. The van der Waals surface area contributed by atoms with E-state index in [-0.39, 0.29) is 0 Å². The van der Waals surface area contributed by atoms with Gasteiger partial charge in [0.25, 0.3) is 0 Å². The van der Waals surface area contributed by atoms with E-state index in [0.29, 0.717) is 0 Å². The SMILES string of the molecule is C=C/C=C\c1cc(C)sc1C=C. The summed E-state index contributed by atoms with van der Waals surface area (Å²) in [6.07, 6.45) is 7.66. The van der Waals surface area contributed by atoms with E-state index in [1.807, 2.05) is 18.2 Å². The molecule has 0 atom stereocenters. The first-order valence-corrected chi connectivity index (χ1v) is 4.61. The zero-order chi connectivity index (χ0) is 8.97. The lowest BCUT2D eigenvalue weighted by Crippen LogP contribution is -1.66. The van der Waals surface area contributed by atoms with Gasteiger partial charge in [-0.05, 0) is 18.6 Å². The van der Waals surface area contributed by atoms with Gasteiger partial charge in [-0.15, -0.1) is 11.3 Å². The number of hydrogen-bond acceptors (Lipinski definition) is 1. The maximum Gasteiger partial charge on any atom is 0.0339 e. The number of allylic oxidation sites excluding steroid dienone is 2. The number of aryl methyl sites for hydroxylation is 1. The van der Waals surface area contributed by atoms with Crippen LogP contribution < -0.4 is 0 Å². The topological polar surface area (TPSA) is 0 Å². The molecule has 0 spiro atoms. The van der Waals surface area contributed by atoms with E-state index in [1.165, 1.54) is 15.3 Å². The Morgan fingerprint density at radius 1 is 1.42 bits per heavy atom. The molecule has 0 aromatic carbocycles. The Morgan fingerprint density at radius 3 is 2.75 bits per heavy atom. The van der Waals surface area contributed by atoms with Gasteiger partial charge in [-0.3, -0.25) is 0 Å². The molecule has 62 valence electrons. The summed E-state index contributed by atoms with van der Waals surface area (Å²) in [4.78, 5) is 2.54. The summed E-state index contributed by atoms with van der Waals surface area (Å²) in [6, 6.07) is 2.15. The van der Waals surface area contributed by atoms with Crippen molar-refractivity contribution in [1.29, 1.82) is 0 Å². The average Bonchev–Trinajstić information content (AvgIpc) is 2.42. The fraction of sp³-hybridized carbons (Fsp3) is 0.0909. The van der Waals surface area contributed by atoms with E-state index in [1.54, 1.807) is 17.4 Å². The van der Waals surface area contributed by atoms with Gasteiger partial charge < -0.3 is 0 Å². The molecule has 1 rings (SSSR count). The zero-order valence-corrected chi connectivity index (χ0v) is 8.03. The van der Waals surface area contributed by atoms with Crippen LogP contribution in [-0.2, 0) is 0 Å². The first-order chi connectivity index (χ1) is 5.77.